The highest BCUT2D eigenvalue weighted by Crippen LogP contribution is 2.35. The number of aliphatic hydroxyl groups excluding tert-OH is 3. The minimum absolute atomic E-state index is 0.0517. The lowest BCUT2D eigenvalue weighted by Gasteiger charge is -2.24. The molecule has 0 aliphatic carbocycles. The fraction of sp³-hybridized carbons (Fsp3) is 0.333. The van der Waals surface area contributed by atoms with Gasteiger partial charge in [-0.15, -0.1) is 0 Å². The van der Waals surface area contributed by atoms with Crippen LogP contribution < -0.4 is 28.4 Å². The Labute approximate surface area is 210 Å². The number of para-hydroxylation sites is 2. The van der Waals surface area contributed by atoms with Crippen molar-refractivity contribution in [2.45, 2.75) is 18.3 Å². The van der Waals surface area contributed by atoms with Gasteiger partial charge in [-0.3, -0.25) is 0 Å². The van der Waals surface area contributed by atoms with E-state index in [0.29, 0.717) is 45.6 Å². The molecule has 36 heavy (non-hydrogen) atoms. The number of rotatable bonds is 13. The minimum atomic E-state index is -1.17. The van der Waals surface area contributed by atoms with E-state index in [1.54, 1.807) is 60.7 Å². The van der Waals surface area contributed by atoms with Crippen molar-refractivity contribution in [3.05, 3.63) is 71.8 Å². The summed E-state index contributed by atoms with van der Waals surface area (Å²) in [6.07, 6.45) is -3.06. The van der Waals surface area contributed by atoms with Crippen molar-refractivity contribution in [1.29, 1.82) is 0 Å². The Hall–Kier alpha value is -3.66. The maximum absolute atomic E-state index is 10.9. The number of ether oxygens (including phenoxy) is 6. The summed E-state index contributed by atoms with van der Waals surface area (Å²) in [5.74, 6) is 2.66. The third kappa shape index (κ3) is 6.31. The topological polar surface area (TPSA) is 116 Å². The first-order valence-corrected chi connectivity index (χ1v) is 11.2. The Balaban J connectivity index is 1.71. The van der Waals surface area contributed by atoms with Crippen LogP contribution in [0.4, 0.5) is 0 Å². The average Bonchev–Trinajstić information content (AvgIpc) is 2.93. The van der Waals surface area contributed by atoms with Gasteiger partial charge in [0.2, 0.25) is 0 Å². The molecule has 0 aromatic heterocycles. The summed E-state index contributed by atoms with van der Waals surface area (Å²) in [6, 6.07) is 16.9. The van der Waals surface area contributed by atoms with Gasteiger partial charge in [-0.05, 0) is 47.5 Å². The van der Waals surface area contributed by atoms with Crippen molar-refractivity contribution in [3.8, 4) is 34.5 Å². The van der Waals surface area contributed by atoms with E-state index in [4.69, 9.17) is 28.4 Å². The van der Waals surface area contributed by atoms with Crippen molar-refractivity contribution >= 4 is 0 Å². The molecule has 0 amide bonds. The Kier molecular flexibility index (Phi) is 9.63. The summed E-state index contributed by atoms with van der Waals surface area (Å²) in [7, 11) is 6.04. The summed E-state index contributed by atoms with van der Waals surface area (Å²) < 4.78 is 32.8. The molecule has 3 aromatic carbocycles. The average molecular weight is 501 g/mol. The second-order valence-electron chi connectivity index (χ2n) is 7.79. The van der Waals surface area contributed by atoms with E-state index in [1.807, 2.05) is 0 Å². The predicted octanol–water partition coefficient (Wildman–Crippen LogP) is 3.31. The first kappa shape index (κ1) is 26.9. The second-order valence-corrected chi connectivity index (χ2v) is 7.79. The van der Waals surface area contributed by atoms with Crippen LogP contribution in [0.3, 0.4) is 0 Å². The molecule has 9 heteroatoms. The standard InChI is InChI=1S/C27H32O9/c1-31-20-7-5-6-8-23(20)36-26(15-28)27(30)18-10-12-22(25(14-18)34-4)35-16-19(29)17-9-11-21(32-2)24(13-17)33-3/h5-14,19,26-30H,15-16H2,1-4H3/t19?,26-,27+/m1/s1. The highest BCUT2D eigenvalue weighted by molar-refractivity contribution is 5.45. The quantitative estimate of drug-likeness (QED) is 0.325. The van der Waals surface area contributed by atoms with E-state index >= 15 is 0 Å². The Bertz CT molecular complexity index is 1120. The normalized spacial score (nSPS) is 13.3. The van der Waals surface area contributed by atoms with Gasteiger partial charge in [-0.2, -0.15) is 0 Å². The molecule has 0 aliphatic heterocycles. The zero-order valence-electron chi connectivity index (χ0n) is 20.7. The molecule has 0 saturated carbocycles. The van der Waals surface area contributed by atoms with Crippen LogP contribution in [0.2, 0.25) is 0 Å². The lowest BCUT2D eigenvalue weighted by atomic mass is 10.0. The molecule has 0 aliphatic rings. The molecule has 3 atom stereocenters. The third-order valence-corrected chi connectivity index (χ3v) is 5.60. The molecule has 0 spiro atoms. The Morgan fingerprint density at radius 2 is 1.17 bits per heavy atom. The molecule has 0 radical (unpaired) electrons. The van der Waals surface area contributed by atoms with Gasteiger partial charge in [0.1, 0.15) is 18.8 Å². The minimum Gasteiger partial charge on any atom is -0.493 e. The predicted molar refractivity (Wildman–Crippen MR) is 132 cm³/mol. The maximum Gasteiger partial charge on any atom is 0.161 e. The van der Waals surface area contributed by atoms with Crippen LogP contribution in [0.25, 0.3) is 0 Å². The largest absolute Gasteiger partial charge is 0.493 e. The molecule has 9 nitrogen and oxygen atoms in total. The Morgan fingerprint density at radius 3 is 1.81 bits per heavy atom. The summed E-state index contributed by atoms with van der Waals surface area (Å²) in [4.78, 5) is 0. The van der Waals surface area contributed by atoms with E-state index in [9.17, 15) is 15.3 Å². The molecular weight excluding hydrogens is 468 g/mol. The van der Waals surface area contributed by atoms with Gasteiger partial charge in [0.05, 0.1) is 35.0 Å². The molecule has 194 valence electrons. The number of methoxy groups -OCH3 is 4. The van der Waals surface area contributed by atoms with E-state index < -0.39 is 24.9 Å². The molecule has 1 unspecified atom stereocenters. The van der Waals surface area contributed by atoms with Crippen molar-refractivity contribution in [2.24, 2.45) is 0 Å². The molecule has 0 heterocycles. The summed E-state index contributed by atoms with van der Waals surface area (Å²) >= 11 is 0. The number of hydrogen-bond acceptors (Lipinski definition) is 9. The first-order chi connectivity index (χ1) is 17.4. The van der Waals surface area contributed by atoms with E-state index in [1.165, 1.54) is 28.4 Å². The van der Waals surface area contributed by atoms with Crippen molar-refractivity contribution < 1.29 is 43.7 Å². The van der Waals surface area contributed by atoms with Gasteiger partial charge < -0.3 is 43.7 Å². The lowest BCUT2D eigenvalue weighted by Crippen LogP contribution is -2.29. The smallest absolute Gasteiger partial charge is 0.161 e. The molecule has 0 saturated heterocycles. The van der Waals surface area contributed by atoms with Gasteiger partial charge in [-0.1, -0.05) is 24.3 Å². The van der Waals surface area contributed by atoms with Crippen LogP contribution in [0.15, 0.2) is 60.7 Å². The zero-order valence-corrected chi connectivity index (χ0v) is 20.7. The molecule has 0 bridgehead atoms. The second kappa shape index (κ2) is 12.9. The number of benzene rings is 3. The van der Waals surface area contributed by atoms with Crippen LogP contribution in [0.5, 0.6) is 34.5 Å². The molecule has 3 N–H and O–H groups in total. The van der Waals surface area contributed by atoms with Crippen LogP contribution in [-0.2, 0) is 0 Å². The summed E-state index contributed by atoms with van der Waals surface area (Å²) in [6.45, 7) is -0.485. The van der Waals surface area contributed by atoms with E-state index in [0.717, 1.165) is 0 Å². The molecule has 0 fully saturated rings. The zero-order chi connectivity index (χ0) is 26.1. The molecule has 3 aromatic rings. The fourth-order valence-electron chi connectivity index (χ4n) is 3.61. The SMILES string of the molecule is COc1ccc(C(O)COc2ccc([C@H](O)[C@@H](CO)Oc3ccccc3OC)cc2OC)cc1OC. The molecular formula is C27H32O9. The van der Waals surface area contributed by atoms with Crippen LogP contribution in [-0.4, -0.2) is 63.1 Å². The third-order valence-electron chi connectivity index (χ3n) is 5.60. The van der Waals surface area contributed by atoms with Gasteiger partial charge >= 0.3 is 0 Å². The van der Waals surface area contributed by atoms with Crippen LogP contribution in [0, 0.1) is 0 Å². The van der Waals surface area contributed by atoms with Crippen LogP contribution in [0.1, 0.15) is 23.3 Å². The van der Waals surface area contributed by atoms with Gasteiger partial charge in [0, 0.05) is 0 Å². The van der Waals surface area contributed by atoms with Crippen molar-refractivity contribution in [3.63, 3.8) is 0 Å². The van der Waals surface area contributed by atoms with Crippen LogP contribution >= 0.6 is 0 Å². The number of aliphatic hydroxyl groups is 3. The lowest BCUT2D eigenvalue weighted by molar-refractivity contribution is -0.000539. The van der Waals surface area contributed by atoms with Gasteiger partial charge in [0.25, 0.3) is 0 Å². The fourth-order valence-corrected chi connectivity index (χ4v) is 3.61. The first-order valence-electron chi connectivity index (χ1n) is 11.2. The van der Waals surface area contributed by atoms with Crippen molar-refractivity contribution in [2.75, 3.05) is 41.7 Å². The highest BCUT2D eigenvalue weighted by Gasteiger charge is 2.25. The van der Waals surface area contributed by atoms with Gasteiger partial charge in [-0.25, -0.2) is 0 Å². The summed E-state index contributed by atoms with van der Waals surface area (Å²) in [5.41, 5.74) is 1.05. The van der Waals surface area contributed by atoms with Crippen molar-refractivity contribution in [1.82, 2.24) is 0 Å². The Morgan fingerprint density at radius 1 is 0.639 bits per heavy atom. The maximum atomic E-state index is 10.9. The van der Waals surface area contributed by atoms with E-state index in [-0.39, 0.29) is 6.61 Å². The van der Waals surface area contributed by atoms with E-state index in [2.05, 4.69) is 0 Å². The van der Waals surface area contributed by atoms with Gasteiger partial charge in [0.15, 0.2) is 40.6 Å². The monoisotopic (exact) mass is 500 g/mol. The summed E-state index contributed by atoms with van der Waals surface area (Å²) in [5, 5.41) is 31.4. The number of hydrogen-bond donors (Lipinski definition) is 3. The highest BCUT2D eigenvalue weighted by atomic mass is 16.5. The molecule has 3 rings (SSSR count).